The monoisotopic (exact) mass is 420 g/mol. The zero-order valence-corrected chi connectivity index (χ0v) is 17.7. The van der Waals surface area contributed by atoms with E-state index in [0.29, 0.717) is 13.0 Å². The largest absolute Gasteiger partial charge is 0.396 e. The van der Waals surface area contributed by atoms with Crippen LogP contribution in [0.15, 0.2) is 84.9 Å². The summed E-state index contributed by atoms with van der Waals surface area (Å²) in [4.78, 5) is 15.0. The number of carbonyl (C=O) groups is 1. The van der Waals surface area contributed by atoms with Crippen molar-refractivity contribution in [2.75, 3.05) is 19.7 Å². The van der Waals surface area contributed by atoms with Crippen LogP contribution >= 0.6 is 0 Å². The van der Waals surface area contributed by atoms with Crippen LogP contribution < -0.4 is 5.32 Å². The molecule has 0 spiro atoms. The lowest BCUT2D eigenvalue weighted by atomic mass is 9.96. The third kappa shape index (κ3) is 6.48. The number of aliphatic hydroxyl groups excluding tert-OH is 1. The van der Waals surface area contributed by atoms with Gasteiger partial charge in [0.25, 0.3) is 0 Å². The number of halogens is 1. The lowest BCUT2D eigenvalue weighted by molar-refractivity contribution is -0.123. The second kappa shape index (κ2) is 11.4. The van der Waals surface area contributed by atoms with Crippen molar-refractivity contribution in [3.63, 3.8) is 0 Å². The Balaban J connectivity index is 1.81. The smallest absolute Gasteiger partial charge is 0.234 e. The number of rotatable bonds is 10. The fraction of sp³-hybridized carbons (Fsp3) is 0.269. The van der Waals surface area contributed by atoms with E-state index in [2.05, 4.69) is 34.5 Å². The van der Waals surface area contributed by atoms with Gasteiger partial charge in [-0.2, -0.15) is 0 Å². The summed E-state index contributed by atoms with van der Waals surface area (Å²) in [6.07, 6.45) is 0.566. The number of benzene rings is 3. The van der Waals surface area contributed by atoms with Gasteiger partial charge in [0.15, 0.2) is 0 Å². The van der Waals surface area contributed by atoms with Crippen LogP contribution in [0.1, 0.15) is 42.1 Å². The highest BCUT2D eigenvalue weighted by molar-refractivity contribution is 5.78. The number of hydrogen-bond acceptors (Lipinski definition) is 3. The molecule has 3 aromatic rings. The average molecular weight is 421 g/mol. The number of nitrogens with zero attached hydrogens (tertiary/aromatic N) is 1. The van der Waals surface area contributed by atoms with E-state index < -0.39 is 0 Å². The summed E-state index contributed by atoms with van der Waals surface area (Å²) < 4.78 is 13.2. The predicted octanol–water partition coefficient (Wildman–Crippen LogP) is 4.48. The van der Waals surface area contributed by atoms with E-state index in [1.807, 2.05) is 43.3 Å². The van der Waals surface area contributed by atoms with Gasteiger partial charge in [-0.15, -0.1) is 0 Å². The molecule has 1 unspecified atom stereocenters. The molecule has 0 radical (unpaired) electrons. The van der Waals surface area contributed by atoms with Crippen LogP contribution in [0.3, 0.4) is 0 Å². The Labute approximate surface area is 183 Å². The van der Waals surface area contributed by atoms with E-state index in [0.717, 1.165) is 16.7 Å². The van der Waals surface area contributed by atoms with E-state index in [9.17, 15) is 14.3 Å². The minimum Gasteiger partial charge on any atom is -0.396 e. The Morgan fingerprint density at radius 1 is 0.903 bits per heavy atom. The van der Waals surface area contributed by atoms with Gasteiger partial charge < -0.3 is 10.4 Å². The Hall–Kier alpha value is -3.02. The van der Waals surface area contributed by atoms with Gasteiger partial charge >= 0.3 is 0 Å². The molecule has 0 aliphatic heterocycles. The second-order valence-electron chi connectivity index (χ2n) is 7.61. The van der Waals surface area contributed by atoms with Crippen LogP contribution in [-0.4, -0.2) is 35.6 Å². The van der Waals surface area contributed by atoms with Gasteiger partial charge in [-0.3, -0.25) is 9.69 Å². The van der Waals surface area contributed by atoms with Crippen LogP contribution in [0.4, 0.5) is 4.39 Å². The van der Waals surface area contributed by atoms with Crippen molar-refractivity contribution in [1.82, 2.24) is 10.2 Å². The molecular weight excluding hydrogens is 391 g/mol. The molecule has 3 rings (SSSR count). The molecule has 0 aliphatic rings. The summed E-state index contributed by atoms with van der Waals surface area (Å²) in [6, 6.07) is 26.0. The first-order valence-electron chi connectivity index (χ1n) is 10.6. The Morgan fingerprint density at radius 3 is 1.97 bits per heavy atom. The highest BCUT2D eigenvalue weighted by Crippen LogP contribution is 2.28. The molecular formula is C26H29FN2O2. The molecule has 2 N–H and O–H groups in total. The average Bonchev–Trinajstić information content (AvgIpc) is 2.79. The molecule has 162 valence electrons. The molecule has 0 bridgehead atoms. The Kier molecular flexibility index (Phi) is 8.33. The van der Waals surface area contributed by atoms with Crippen molar-refractivity contribution in [3.8, 4) is 0 Å². The number of amides is 1. The van der Waals surface area contributed by atoms with Crippen LogP contribution in [0.2, 0.25) is 0 Å². The first-order valence-corrected chi connectivity index (χ1v) is 10.6. The van der Waals surface area contributed by atoms with Gasteiger partial charge in [0.1, 0.15) is 5.82 Å². The van der Waals surface area contributed by atoms with Crippen molar-refractivity contribution in [3.05, 3.63) is 107 Å². The van der Waals surface area contributed by atoms with E-state index >= 15 is 0 Å². The van der Waals surface area contributed by atoms with Gasteiger partial charge in [0.05, 0.1) is 18.6 Å². The SMILES string of the molecule is CC(NC(=O)CN(CCCO)C(c1ccccc1)c1ccccc1)c1ccc(F)cc1. The van der Waals surface area contributed by atoms with Crippen LogP contribution in [0.5, 0.6) is 0 Å². The quantitative estimate of drug-likeness (QED) is 0.509. The third-order valence-electron chi connectivity index (χ3n) is 5.29. The zero-order valence-electron chi connectivity index (χ0n) is 17.7. The molecule has 4 nitrogen and oxygen atoms in total. The summed E-state index contributed by atoms with van der Waals surface area (Å²) in [5, 5.41) is 12.4. The van der Waals surface area contributed by atoms with E-state index in [1.54, 1.807) is 12.1 Å². The van der Waals surface area contributed by atoms with Gasteiger partial charge in [0, 0.05) is 13.2 Å². The lowest BCUT2D eigenvalue weighted by Gasteiger charge is -2.32. The Bertz CT molecular complexity index is 893. The van der Waals surface area contributed by atoms with Crippen molar-refractivity contribution < 1.29 is 14.3 Å². The normalized spacial score (nSPS) is 12.2. The molecule has 0 saturated heterocycles. The fourth-order valence-electron chi connectivity index (χ4n) is 3.76. The van der Waals surface area contributed by atoms with Crippen LogP contribution in [0, 0.1) is 5.82 Å². The molecule has 0 saturated carbocycles. The first kappa shape index (κ1) is 22.7. The molecule has 0 aliphatic carbocycles. The number of hydrogen-bond donors (Lipinski definition) is 2. The molecule has 1 amide bonds. The van der Waals surface area contributed by atoms with Crippen molar-refractivity contribution in [1.29, 1.82) is 0 Å². The second-order valence-corrected chi connectivity index (χ2v) is 7.61. The topological polar surface area (TPSA) is 52.6 Å². The van der Waals surface area contributed by atoms with E-state index in [4.69, 9.17) is 0 Å². The summed E-state index contributed by atoms with van der Waals surface area (Å²) >= 11 is 0. The highest BCUT2D eigenvalue weighted by atomic mass is 19.1. The van der Waals surface area contributed by atoms with Crippen molar-refractivity contribution >= 4 is 5.91 Å². The molecule has 0 fully saturated rings. The number of nitrogens with one attached hydrogen (secondary N) is 1. The summed E-state index contributed by atoms with van der Waals surface area (Å²) in [7, 11) is 0. The van der Waals surface area contributed by atoms with Gasteiger partial charge in [0.2, 0.25) is 5.91 Å². The predicted molar refractivity (Wildman–Crippen MR) is 121 cm³/mol. The van der Waals surface area contributed by atoms with Gasteiger partial charge in [-0.1, -0.05) is 72.8 Å². The lowest BCUT2D eigenvalue weighted by Crippen LogP contribution is -2.41. The van der Waals surface area contributed by atoms with Gasteiger partial charge in [-0.25, -0.2) is 4.39 Å². The Morgan fingerprint density at radius 2 is 1.45 bits per heavy atom. The molecule has 3 aromatic carbocycles. The fourth-order valence-corrected chi connectivity index (χ4v) is 3.76. The van der Waals surface area contributed by atoms with Crippen LogP contribution in [0.25, 0.3) is 0 Å². The molecule has 0 heterocycles. The maximum absolute atomic E-state index is 13.2. The summed E-state index contributed by atoms with van der Waals surface area (Å²) in [5.74, 6) is -0.419. The van der Waals surface area contributed by atoms with E-state index in [1.165, 1.54) is 12.1 Å². The zero-order chi connectivity index (χ0) is 22.1. The first-order chi connectivity index (χ1) is 15.1. The summed E-state index contributed by atoms with van der Waals surface area (Å²) in [5.41, 5.74) is 3.02. The maximum atomic E-state index is 13.2. The number of aliphatic hydroxyl groups is 1. The third-order valence-corrected chi connectivity index (χ3v) is 5.29. The minimum absolute atomic E-state index is 0.0560. The van der Waals surface area contributed by atoms with Crippen molar-refractivity contribution in [2.45, 2.75) is 25.4 Å². The summed E-state index contributed by atoms with van der Waals surface area (Å²) in [6.45, 7) is 2.69. The minimum atomic E-state index is -0.300. The molecule has 1 atom stereocenters. The maximum Gasteiger partial charge on any atom is 0.234 e. The number of carbonyl (C=O) groups excluding carboxylic acids is 1. The molecule has 5 heteroatoms. The molecule has 31 heavy (non-hydrogen) atoms. The van der Waals surface area contributed by atoms with E-state index in [-0.39, 0.29) is 37.0 Å². The highest BCUT2D eigenvalue weighted by Gasteiger charge is 2.24. The van der Waals surface area contributed by atoms with Crippen molar-refractivity contribution in [2.24, 2.45) is 0 Å². The standard InChI is InChI=1S/C26H29FN2O2/c1-20(21-13-15-24(27)16-14-21)28-25(31)19-29(17-8-18-30)26(22-9-4-2-5-10-22)23-11-6-3-7-12-23/h2-7,9-16,20,26,30H,8,17-19H2,1H3,(H,28,31). The van der Waals surface area contributed by atoms with Gasteiger partial charge in [-0.05, 0) is 42.2 Å². The van der Waals surface area contributed by atoms with Crippen LogP contribution in [-0.2, 0) is 4.79 Å². The molecule has 0 aromatic heterocycles.